The van der Waals surface area contributed by atoms with E-state index in [9.17, 15) is 9.59 Å². The molecule has 6 nitrogen and oxygen atoms in total. The molecule has 0 spiro atoms. The zero-order chi connectivity index (χ0) is 32.2. The van der Waals surface area contributed by atoms with Gasteiger partial charge in [-0.05, 0) is 65.4 Å². The van der Waals surface area contributed by atoms with Gasteiger partial charge in [-0.2, -0.15) is 0 Å². The van der Waals surface area contributed by atoms with Crippen LogP contribution in [0.5, 0.6) is 11.5 Å². The molecule has 7 heteroatoms. The Morgan fingerprint density at radius 1 is 0.717 bits per heavy atom. The minimum atomic E-state index is -0.475. The summed E-state index contributed by atoms with van der Waals surface area (Å²) in [5, 5.41) is 3.00. The van der Waals surface area contributed by atoms with E-state index in [1.54, 1.807) is 25.3 Å². The number of nitrogens with one attached hydrogen (secondary N) is 1. The number of benzene rings is 5. The summed E-state index contributed by atoms with van der Waals surface area (Å²) in [7, 11) is 1.67. The Hall–Kier alpha value is -4.88. The van der Waals surface area contributed by atoms with Crippen LogP contribution in [0.2, 0.25) is 0 Å². The van der Waals surface area contributed by atoms with Crippen molar-refractivity contribution in [2.75, 3.05) is 20.3 Å². The van der Waals surface area contributed by atoms with Gasteiger partial charge < -0.3 is 19.5 Å². The fraction of sp³-hybridized carbons (Fsp3) is 0.179. The van der Waals surface area contributed by atoms with Crippen LogP contribution in [0.15, 0.2) is 138 Å². The lowest BCUT2D eigenvalue weighted by Gasteiger charge is -2.36. The summed E-state index contributed by atoms with van der Waals surface area (Å²) >= 11 is 3.42. The molecule has 0 aliphatic rings. The van der Waals surface area contributed by atoms with Crippen molar-refractivity contribution in [3.05, 3.63) is 166 Å². The fourth-order valence-corrected chi connectivity index (χ4v) is 6.08. The predicted molar refractivity (Wildman–Crippen MR) is 183 cm³/mol. The average Bonchev–Trinajstić information content (AvgIpc) is 3.11. The quantitative estimate of drug-likeness (QED) is 0.0730. The summed E-state index contributed by atoms with van der Waals surface area (Å²) < 4.78 is 17.3. The van der Waals surface area contributed by atoms with Crippen LogP contribution < -0.4 is 14.8 Å². The second kappa shape index (κ2) is 15.9. The van der Waals surface area contributed by atoms with Crippen molar-refractivity contribution < 1.29 is 23.8 Å². The van der Waals surface area contributed by atoms with Gasteiger partial charge in [-0.3, -0.25) is 4.79 Å². The van der Waals surface area contributed by atoms with Crippen LogP contribution in [0.4, 0.5) is 0 Å². The highest BCUT2D eigenvalue weighted by molar-refractivity contribution is 9.10. The number of carbonyl (C=O) groups is 2. The van der Waals surface area contributed by atoms with Crippen LogP contribution in [0.1, 0.15) is 45.5 Å². The lowest BCUT2D eigenvalue weighted by atomic mass is 9.66. The second-order valence-electron chi connectivity index (χ2n) is 10.8. The molecule has 46 heavy (non-hydrogen) atoms. The zero-order valence-corrected chi connectivity index (χ0v) is 27.2. The largest absolute Gasteiger partial charge is 0.497 e. The molecule has 0 atom stereocenters. The molecule has 0 bridgehead atoms. The maximum atomic E-state index is 12.8. The molecule has 1 amide bonds. The highest BCUT2D eigenvalue weighted by Crippen LogP contribution is 2.43. The maximum Gasteiger partial charge on any atom is 0.338 e. The van der Waals surface area contributed by atoms with Gasteiger partial charge in [0.15, 0.2) is 6.61 Å². The molecule has 5 aromatic rings. The van der Waals surface area contributed by atoms with Crippen LogP contribution in [0.3, 0.4) is 0 Å². The van der Waals surface area contributed by atoms with Gasteiger partial charge in [0.2, 0.25) is 0 Å². The molecule has 0 heterocycles. The van der Waals surface area contributed by atoms with Crippen molar-refractivity contribution in [3.8, 4) is 11.5 Å². The van der Waals surface area contributed by atoms with Gasteiger partial charge in [-0.25, -0.2) is 4.79 Å². The Bertz CT molecular complexity index is 1670. The number of carbonyl (C=O) groups excluding carboxylic acids is 2. The zero-order valence-electron chi connectivity index (χ0n) is 25.7. The normalized spacial score (nSPS) is 11.0. The minimum Gasteiger partial charge on any atom is -0.497 e. The number of rotatable bonds is 14. The second-order valence-corrected chi connectivity index (χ2v) is 11.8. The average molecular weight is 679 g/mol. The molecule has 0 radical (unpaired) electrons. The van der Waals surface area contributed by atoms with E-state index in [1.165, 1.54) is 11.1 Å². The summed E-state index contributed by atoms with van der Waals surface area (Å²) in [5.41, 5.74) is 4.29. The van der Waals surface area contributed by atoms with Gasteiger partial charge in [0.25, 0.3) is 5.91 Å². The highest BCUT2D eigenvalue weighted by atomic mass is 79.9. The molecule has 234 valence electrons. The number of halogens is 1. The van der Waals surface area contributed by atoms with E-state index in [4.69, 9.17) is 14.2 Å². The van der Waals surface area contributed by atoms with Crippen LogP contribution in [-0.2, 0) is 21.6 Å². The number of hydrogen-bond acceptors (Lipinski definition) is 5. The molecule has 0 aliphatic heterocycles. The highest BCUT2D eigenvalue weighted by Gasteiger charge is 2.35. The van der Waals surface area contributed by atoms with Crippen LogP contribution in [0, 0.1) is 0 Å². The van der Waals surface area contributed by atoms with Crippen LogP contribution in [0.25, 0.3) is 0 Å². The molecule has 0 saturated carbocycles. The van der Waals surface area contributed by atoms with Gasteiger partial charge in [0.05, 0.1) is 12.7 Å². The molecule has 0 fully saturated rings. The third kappa shape index (κ3) is 8.23. The Kier molecular flexibility index (Phi) is 11.2. The van der Waals surface area contributed by atoms with Gasteiger partial charge in [-0.15, -0.1) is 0 Å². The van der Waals surface area contributed by atoms with E-state index >= 15 is 0 Å². The third-order valence-electron chi connectivity index (χ3n) is 7.86. The van der Waals surface area contributed by atoms with Gasteiger partial charge in [0, 0.05) is 16.4 Å². The Morgan fingerprint density at radius 2 is 1.30 bits per heavy atom. The van der Waals surface area contributed by atoms with Crippen molar-refractivity contribution in [2.24, 2.45) is 0 Å². The summed E-state index contributed by atoms with van der Waals surface area (Å²) in [5.74, 6) is 0.467. The number of methoxy groups -OCH3 is 1. The molecule has 0 aromatic heterocycles. The molecule has 5 aromatic carbocycles. The SMILES string of the molecule is COc1ccc(C(CCCNC(=O)COc2cc(Br)cc(C(=O)OCc3ccccc3)c2)(c2ccccc2)c2ccccc2)cc1. The van der Waals surface area contributed by atoms with Gasteiger partial charge in [-0.1, -0.05) is 119 Å². The Morgan fingerprint density at radius 3 is 1.91 bits per heavy atom. The first-order chi connectivity index (χ1) is 22.5. The number of amides is 1. The Labute approximate surface area is 278 Å². The first-order valence-corrected chi connectivity index (χ1v) is 15.9. The smallest absolute Gasteiger partial charge is 0.338 e. The van der Waals surface area contributed by atoms with Crippen molar-refractivity contribution >= 4 is 27.8 Å². The molecule has 0 unspecified atom stereocenters. The molecular weight excluding hydrogens is 642 g/mol. The van der Waals surface area contributed by atoms with Crippen LogP contribution >= 0.6 is 15.9 Å². The van der Waals surface area contributed by atoms with E-state index in [0.29, 0.717) is 22.3 Å². The summed E-state index contributed by atoms with van der Waals surface area (Å²) in [6.45, 7) is 0.449. The minimum absolute atomic E-state index is 0.166. The third-order valence-corrected chi connectivity index (χ3v) is 8.31. The van der Waals surface area contributed by atoms with E-state index in [-0.39, 0.29) is 19.1 Å². The summed E-state index contributed by atoms with van der Waals surface area (Å²) in [6.07, 6.45) is 1.48. The number of hydrogen-bond donors (Lipinski definition) is 1. The van der Waals surface area contributed by atoms with Gasteiger partial charge in [0.1, 0.15) is 18.1 Å². The van der Waals surface area contributed by atoms with Crippen molar-refractivity contribution in [1.82, 2.24) is 5.32 Å². The van der Waals surface area contributed by atoms with Crippen LogP contribution in [-0.4, -0.2) is 32.1 Å². The first-order valence-electron chi connectivity index (χ1n) is 15.1. The van der Waals surface area contributed by atoms with E-state index in [2.05, 4.69) is 81.9 Å². The molecule has 0 aliphatic carbocycles. The lowest BCUT2D eigenvalue weighted by molar-refractivity contribution is -0.123. The number of ether oxygens (including phenoxy) is 3. The standard InChI is InChI=1S/C39H36BrNO5/c1-44-35-20-18-33(19-21-35)39(31-14-7-3-8-15-31,32-16-9-4-10-17-32)22-11-23-41-37(42)28-45-36-25-30(24-34(40)26-36)38(43)46-27-29-12-5-2-6-13-29/h2-10,12-21,24-26H,11,22-23,27-28H2,1H3,(H,41,42). The summed E-state index contributed by atoms with van der Waals surface area (Å²) in [6, 6.07) is 43.6. The molecular formula is C39H36BrNO5. The monoisotopic (exact) mass is 677 g/mol. The first kappa shape index (κ1) is 32.5. The van der Waals surface area contributed by atoms with Crippen molar-refractivity contribution in [1.29, 1.82) is 0 Å². The maximum absolute atomic E-state index is 12.8. The summed E-state index contributed by atoms with van der Waals surface area (Å²) in [4.78, 5) is 25.5. The molecule has 0 saturated heterocycles. The van der Waals surface area contributed by atoms with Crippen molar-refractivity contribution in [2.45, 2.75) is 24.9 Å². The van der Waals surface area contributed by atoms with E-state index < -0.39 is 11.4 Å². The molecule has 5 rings (SSSR count). The van der Waals surface area contributed by atoms with E-state index in [1.807, 2.05) is 54.6 Å². The van der Waals surface area contributed by atoms with Crippen molar-refractivity contribution in [3.63, 3.8) is 0 Å². The Balaban J connectivity index is 1.22. The fourth-order valence-electron chi connectivity index (χ4n) is 5.61. The number of esters is 1. The lowest BCUT2D eigenvalue weighted by Crippen LogP contribution is -2.33. The predicted octanol–water partition coefficient (Wildman–Crippen LogP) is 8.12. The van der Waals surface area contributed by atoms with E-state index in [0.717, 1.165) is 29.7 Å². The topological polar surface area (TPSA) is 73.9 Å². The van der Waals surface area contributed by atoms with Gasteiger partial charge >= 0.3 is 5.97 Å². The molecule has 1 N–H and O–H groups in total.